The first kappa shape index (κ1) is 15.4. The van der Waals surface area contributed by atoms with Gasteiger partial charge in [-0.05, 0) is 18.3 Å². The van der Waals surface area contributed by atoms with Crippen LogP contribution in [0.1, 0.15) is 109 Å². The topological polar surface area (TPSA) is 0 Å². The number of hydrogen-bond donors (Lipinski definition) is 0. The fraction of sp³-hybridized carbons (Fsp3) is 1.00. The molecule has 0 aromatic heterocycles. The Kier molecular flexibility index (Phi) is 7.97. The van der Waals surface area contributed by atoms with Gasteiger partial charge in [0.2, 0.25) is 0 Å². The molecule has 2 fully saturated rings. The van der Waals surface area contributed by atoms with Gasteiger partial charge in [-0.1, -0.05) is 103 Å². The summed E-state index contributed by atoms with van der Waals surface area (Å²) in [6.07, 6.45) is 26.0. The summed E-state index contributed by atoms with van der Waals surface area (Å²) in [6, 6.07) is 0. The lowest BCUT2D eigenvalue weighted by molar-refractivity contribution is 0.293. The molecule has 0 N–H and O–H groups in total. The summed E-state index contributed by atoms with van der Waals surface area (Å²) in [4.78, 5) is 0. The highest BCUT2D eigenvalue weighted by molar-refractivity contribution is 4.70. The monoisotopic (exact) mass is 264 g/mol. The van der Waals surface area contributed by atoms with Crippen molar-refractivity contribution in [2.24, 2.45) is 11.8 Å². The third-order valence-electron chi connectivity index (χ3n) is 5.62. The Hall–Kier alpha value is 0. The molecule has 0 atom stereocenters. The maximum absolute atomic E-state index is 1.58. The van der Waals surface area contributed by atoms with E-state index in [1.54, 1.807) is 32.1 Å². The first-order valence-corrected chi connectivity index (χ1v) is 9.45. The Balaban J connectivity index is 1.74. The van der Waals surface area contributed by atoms with Crippen molar-refractivity contribution in [1.29, 1.82) is 0 Å². The van der Waals surface area contributed by atoms with Gasteiger partial charge in [-0.25, -0.2) is 0 Å². The molecule has 2 aliphatic carbocycles. The van der Waals surface area contributed by atoms with Gasteiger partial charge in [0.25, 0.3) is 0 Å². The highest BCUT2D eigenvalue weighted by Gasteiger charge is 2.17. The third kappa shape index (κ3) is 6.82. The van der Waals surface area contributed by atoms with Crippen LogP contribution in [-0.4, -0.2) is 0 Å². The Labute approximate surface area is 121 Å². The molecule has 2 aliphatic rings. The van der Waals surface area contributed by atoms with E-state index in [-0.39, 0.29) is 0 Å². The molecule has 19 heavy (non-hydrogen) atoms. The highest BCUT2D eigenvalue weighted by atomic mass is 14.2. The summed E-state index contributed by atoms with van der Waals surface area (Å²) in [7, 11) is 0. The van der Waals surface area contributed by atoms with Crippen LogP contribution in [-0.2, 0) is 0 Å². The maximum atomic E-state index is 1.58. The van der Waals surface area contributed by atoms with Crippen molar-refractivity contribution in [3.63, 3.8) is 0 Å². The molecule has 0 amide bonds. The van der Waals surface area contributed by atoms with Crippen molar-refractivity contribution in [3.8, 4) is 0 Å². The van der Waals surface area contributed by atoms with Gasteiger partial charge in [0.15, 0.2) is 0 Å². The van der Waals surface area contributed by atoms with E-state index in [2.05, 4.69) is 0 Å². The summed E-state index contributed by atoms with van der Waals surface area (Å²) < 4.78 is 0. The molecular weight excluding hydrogens is 228 g/mol. The Morgan fingerprint density at radius 1 is 0.368 bits per heavy atom. The van der Waals surface area contributed by atoms with E-state index in [0.717, 1.165) is 11.8 Å². The molecule has 0 aliphatic heterocycles. The lowest BCUT2D eigenvalue weighted by atomic mass is 9.83. The van der Waals surface area contributed by atoms with Gasteiger partial charge < -0.3 is 0 Å². The second-order valence-electron chi connectivity index (χ2n) is 7.37. The van der Waals surface area contributed by atoms with Gasteiger partial charge in [0.1, 0.15) is 0 Å². The minimum atomic E-state index is 1.09. The summed E-state index contributed by atoms with van der Waals surface area (Å²) in [5.41, 5.74) is 0. The van der Waals surface area contributed by atoms with Crippen LogP contribution in [0.5, 0.6) is 0 Å². The zero-order chi connectivity index (χ0) is 13.2. The van der Waals surface area contributed by atoms with Crippen LogP contribution in [0.15, 0.2) is 0 Å². The molecule has 0 nitrogen and oxygen atoms in total. The third-order valence-corrected chi connectivity index (χ3v) is 5.62. The molecule has 0 saturated heterocycles. The summed E-state index contributed by atoms with van der Waals surface area (Å²) in [5.74, 6) is 2.17. The van der Waals surface area contributed by atoms with E-state index in [0.29, 0.717) is 0 Å². The molecule has 0 bridgehead atoms. The molecule has 2 saturated carbocycles. The molecule has 0 spiro atoms. The normalized spacial score (nSPS) is 26.5. The van der Waals surface area contributed by atoms with Crippen LogP contribution in [0.25, 0.3) is 0 Å². The van der Waals surface area contributed by atoms with Crippen LogP contribution < -0.4 is 0 Å². The van der Waals surface area contributed by atoms with Crippen LogP contribution in [0.3, 0.4) is 0 Å². The van der Waals surface area contributed by atoms with Crippen LogP contribution in [0.4, 0.5) is 0 Å². The first-order valence-electron chi connectivity index (χ1n) is 9.45. The molecule has 0 aromatic rings. The summed E-state index contributed by atoms with van der Waals surface area (Å²) >= 11 is 0. The zero-order valence-electron chi connectivity index (χ0n) is 13.2. The molecular formula is C19H36. The number of hydrogen-bond acceptors (Lipinski definition) is 0. The predicted molar refractivity (Wildman–Crippen MR) is 85.5 cm³/mol. The summed E-state index contributed by atoms with van der Waals surface area (Å²) in [5, 5.41) is 0. The van der Waals surface area contributed by atoms with Gasteiger partial charge in [-0.15, -0.1) is 0 Å². The van der Waals surface area contributed by atoms with Gasteiger partial charge in [0.05, 0.1) is 0 Å². The fourth-order valence-electron chi connectivity index (χ4n) is 4.38. The standard InChI is InChI=1S/C19H36/c1-2-6-10-14-18(13-9-5-1)17-19-15-11-7-3-4-8-12-16-19/h18-19H,1-17H2. The smallest absolute Gasteiger partial charge is 0.0412 e. The minimum Gasteiger partial charge on any atom is -0.0533 e. The maximum Gasteiger partial charge on any atom is -0.0412 e. The average molecular weight is 264 g/mol. The van der Waals surface area contributed by atoms with Gasteiger partial charge in [-0.2, -0.15) is 0 Å². The van der Waals surface area contributed by atoms with Crippen LogP contribution >= 0.6 is 0 Å². The molecule has 0 radical (unpaired) electrons. The van der Waals surface area contributed by atoms with Crippen LogP contribution in [0.2, 0.25) is 0 Å². The lowest BCUT2D eigenvalue weighted by Crippen LogP contribution is -2.10. The SMILES string of the molecule is C1CCCCC(CC2CCCCCCCC2)CCC1. The van der Waals surface area contributed by atoms with Gasteiger partial charge in [0, 0.05) is 0 Å². The Morgan fingerprint density at radius 3 is 0.947 bits per heavy atom. The lowest BCUT2D eigenvalue weighted by Gasteiger charge is -2.23. The fourth-order valence-corrected chi connectivity index (χ4v) is 4.38. The molecule has 0 unspecified atom stereocenters. The zero-order valence-corrected chi connectivity index (χ0v) is 13.2. The molecule has 2 rings (SSSR count). The van der Waals surface area contributed by atoms with Gasteiger partial charge in [-0.3, -0.25) is 0 Å². The Bertz CT molecular complexity index is 166. The van der Waals surface area contributed by atoms with Crippen LogP contribution in [0, 0.1) is 11.8 Å². The van der Waals surface area contributed by atoms with Gasteiger partial charge >= 0.3 is 0 Å². The second-order valence-corrected chi connectivity index (χ2v) is 7.37. The molecule has 0 aromatic carbocycles. The molecule has 112 valence electrons. The minimum absolute atomic E-state index is 1.09. The largest absolute Gasteiger partial charge is 0.0533 e. The van der Waals surface area contributed by atoms with E-state index in [1.165, 1.54) is 77.0 Å². The number of rotatable bonds is 2. The molecule has 0 heteroatoms. The quantitative estimate of drug-likeness (QED) is 0.510. The predicted octanol–water partition coefficient (Wildman–Crippen LogP) is 6.88. The van der Waals surface area contributed by atoms with E-state index in [9.17, 15) is 0 Å². The van der Waals surface area contributed by atoms with Crippen molar-refractivity contribution in [2.75, 3.05) is 0 Å². The van der Waals surface area contributed by atoms with E-state index in [4.69, 9.17) is 0 Å². The van der Waals surface area contributed by atoms with Crippen molar-refractivity contribution in [1.82, 2.24) is 0 Å². The Morgan fingerprint density at radius 2 is 0.632 bits per heavy atom. The molecule has 0 heterocycles. The van der Waals surface area contributed by atoms with Crippen molar-refractivity contribution in [3.05, 3.63) is 0 Å². The summed E-state index contributed by atoms with van der Waals surface area (Å²) in [6.45, 7) is 0. The van der Waals surface area contributed by atoms with Crippen molar-refractivity contribution < 1.29 is 0 Å². The average Bonchev–Trinajstić information content (AvgIpc) is 2.62. The highest BCUT2D eigenvalue weighted by Crippen LogP contribution is 2.32. The van der Waals surface area contributed by atoms with E-state index < -0.39 is 0 Å². The second kappa shape index (κ2) is 9.83. The van der Waals surface area contributed by atoms with Crippen molar-refractivity contribution >= 4 is 0 Å². The van der Waals surface area contributed by atoms with E-state index >= 15 is 0 Å². The first-order chi connectivity index (χ1) is 9.45. The van der Waals surface area contributed by atoms with Crippen molar-refractivity contribution in [2.45, 2.75) is 109 Å². The van der Waals surface area contributed by atoms with E-state index in [1.807, 2.05) is 0 Å².